The molecule has 0 aliphatic rings. The Balaban J connectivity index is 2.42. The SMILES string of the molecule is CC(O)C(C)SCc1ccc(I)cc1. The van der Waals surface area contributed by atoms with Crippen LogP contribution < -0.4 is 0 Å². The summed E-state index contributed by atoms with van der Waals surface area (Å²) in [4.78, 5) is 0. The first kappa shape index (κ1) is 12.3. The zero-order chi connectivity index (χ0) is 10.6. The molecule has 0 aliphatic heterocycles. The Labute approximate surface area is 103 Å². The van der Waals surface area contributed by atoms with Gasteiger partial charge in [-0.05, 0) is 47.2 Å². The Morgan fingerprint density at radius 2 is 1.86 bits per heavy atom. The van der Waals surface area contributed by atoms with E-state index in [1.165, 1.54) is 9.13 Å². The molecule has 78 valence electrons. The van der Waals surface area contributed by atoms with Crippen LogP contribution in [-0.4, -0.2) is 16.5 Å². The number of hydrogen-bond donors (Lipinski definition) is 1. The molecule has 1 N–H and O–H groups in total. The molecule has 0 fully saturated rings. The number of aliphatic hydroxyl groups is 1. The second kappa shape index (κ2) is 5.98. The molecule has 0 saturated carbocycles. The van der Waals surface area contributed by atoms with Crippen molar-refractivity contribution in [3.63, 3.8) is 0 Å². The molecule has 3 heteroatoms. The van der Waals surface area contributed by atoms with Gasteiger partial charge in [0.25, 0.3) is 0 Å². The number of hydrogen-bond acceptors (Lipinski definition) is 2. The van der Waals surface area contributed by atoms with Gasteiger partial charge in [0.2, 0.25) is 0 Å². The summed E-state index contributed by atoms with van der Waals surface area (Å²) in [6.45, 7) is 3.90. The van der Waals surface area contributed by atoms with Gasteiger partial charge >= 0.3 is 0 Å². The van der Waals surface area contributed by atoms with Crippen molar-refractivity contribution < 1.29 is 5.11 Å². The van der Waals surface area contributed by atoms with Crippen molar-refractivity contribution in [2.24, 2.45) is 0 Å². The largest absolute Gasteiger partial charge is 0.392 e. The van der Waals surface area contributed by atoms with Crippen LogP contribution in [-0.2, 0) is 5.75 Å². The molecule has 0 amide bonds. The Kier molecular flexibility index (Phi) is 5.26. The number of rotatable bonds is 4. The van der Waals surface area contributed by atoms with Gasteiger partial charge in [0.15, 0.2) is 0 Å². The predicted octanol–water partition coefficient (Wildman–Crippen LogP) is 3.29. The second-order valence-corrected chi connectivity index (χ2v) is 5.99. The smallest absolute Gasteiger partial charge is 0.0628 e. The average Bonchev–Trinajstić information content (AvgIpc) is 2.16. The standard InChI is InChI=1S/C11H15IOS/c1-8(13)9(2)14-7-10-3-5-11(12)6-4-10/h3-6,8-9,13H,7H2,1-2H3. The molecular formula is C11H15IOS. The van der Waals surface area contributed by atoms with Crippen LogP contribution >= 0.6 is 34.4 Å². The van der Waals surface area contributed by atoms with Gasteiger partial charge in [0.05, 0.1) is 6.10 Å². The van der Waals surface area contributed by atoms with Gasteiger partial charge in [0, 0.05) is 14.6 Å². The van der Waals surface area contributed by atoms with Crippen molar-refractivity contribution in [1.29, 1.82) is 0 Å². The summed E-state index contributed by atoms with van der Waals surface area (Å²) in [5, 5.41) is 9.62. The summed E-state index contributed by atoms with van der Waals surface area (Å²) < 4.78 is 1.26. The minimum absolute atomic E-state index is 0.233. The molecular weight excluding hydrogens is 307 g/mol. The van der Waals surface area contributed by atoms with Crippen LogP contribution in [0.3, 0.4) is 0 Å². The zero-order valence-corrected chi connectivity index (χ0v) is 11.4. The highest BCUT2D eigenvalue weighted by Crippen LogP contribution is 2.20. The van der Waals surface area contributed by atoms with Gasteiger partial charge in [-0.1, -0.05) is 19.1 Å². The lowest BCUT2D eigenvalue weighted by atomic mass is 10.2. The molecule has 0 aliphatic carbocycles. The van der Waals surface area contributed by atoms with E-state index in [0.29, 0.717) is 5.25 Å². The fourth-order valence-electron chi connectivity index (χ4n) is 0.948. The first-order valence-electron chi connectivity index (χ1n) is 4.63. The molecule has 2 unspecified atom stereocenters. The maximum Gasteiger partial charge on any atom is 0.0628 e. The lowest BCUT2D eigenvalue weighted by Crippen LogP contribution is -2.15. The molecule has 14 heavy (non-hydrogen) atoms. The first-order valence-corrected chi connectivity index (χ1v) is 6.76. The number of thioether (sulfide) groups is 1. The van der Waals surface area contributed by atoms with E-state index in [2.05, 4.69) is 53.8 Å². The molecule has 0 heterocycles. The van der Waals surface area contributed by atoms with Crippen LogP contribution in [0.5, 0.6) is 0 Å². The van der Waals surface area contributed by atoms with E-state index < -0.39 is 0 Å². The second-order valence-electron chi connectivity index (χ2n) is 3.38. The molecule has 1 rings (SSSR count). The van der Waals surface area contributed by atoms with Crippen molar-refractivity contribution in [3.05, 3.63) is 33.4 Å². The highest BCUT2D eigenvalue weighted by molar-refractivity contribution is 14.1. The highest BCUT2D eigenvalue weighted by Gasteiger charge is 2.08. The third-order valence-corrected chi connectivity index (χ3v) is 4.24. The van der Waals surface area contributed by atoms with E-state index >= 15 is 0 Å². The van der Waals surface area contributed by atoms with Crippen LogP contribution in [0.1, 0.15) is 19.4 Å². The molecule has 0 saturated heterocycles. The van der Waals surface area contributed by atoms with E-state index in [4.69, 9.17) is 0 Å². The van der Waals surface area contributed by atoms with Gasteiger partial charge in [-0.3, -0.25) is 0 Å². The number of aliphatic hydroxyl groups excluding tert-OH is 1. The van der Waals surface area contributed by atoms with Crippen LogP contribution in [0.2, 0.25) is 0 Å². The van der Waals surface area contributed by atoms with E-state index in [-0.39, 0.29) is 6.10 Å². The van der Waals surface area contributed by atoms with Gasteiger partial charge < -0.3 is 5.11 Å². The number of halogens is 1. The van der Waals surface area contributed by atoms with E-state index in [1.54, 1.807) is 11.8 Å². The van der Waals surface area contributed by atoms with Crippen molar-refractivity contribution in [1.82, 2.24) is 0 Å². The van der Waals surface area contributed by atoms with Gasteiger partial charge in [-0.25, -0.2) is 0 Å². The van der Waals surface area contributed by atoms with Crippen LogP contribution in [0.15, 0.2) is 24.3 Å². The molecule has 2 atom stereocenters. The highest BCUT2D eigenvalue weighted by atomic mass is 127. The van der Waals surface area contributed by atoms with E-state index in [9.17, 15) is 5.11 Å². The topological polar surface area (TPSA) is 20.2 Å². The quantitative estimate of drug-likeness (QED) is 0.859. The number of benzene rings is 1. The predicted molar refractivity (Wildman–Crippen MR) is 71.6 cm³/mol. The third kappa shape index (κ3) is 4.19. The minimum Gasteiger partial charge on any atom is -0.392 e. The van der Waals surface area contributed by atoms with Crippen molar-refractivity contribution >= 4 is 34.4 Å². The van der Waals surface area contributed by atoms with Crippen molar-refractivity contribution in [2.45, 2.75) is 31.0 Å². The van der Waals surface area contributed by atoms with Gasteiger partial charge in [0.1, 0.15) is 0 Å². The third-order valence-electron chi connectivity index (χ3n) is 2.11. The maximum atomic E-state index is 9.32. The summed E-state index contributed by atoms with van der Waals surface area (Å²) in [5.74, 6) is 0.975. The summed E-state index contributed by atoms with van der Waals surface area (Å²) in [6, 6.07) is 8.51. The lowest BCUT2D eigenvalue weighted by molar-refractivity contribution is 0.196. The monoisotopic (exact) mass is 322 g/mol. The van der Waals surface area contributed by atoms with Crippen LogP contribution in [0.4, 0.5) is 0 Å². The fourth-order valence-corrected chi connectivity index (χ4v) is 2.23. The molecule has 0 bridgehead atoms. The Bertz CT molecular complexity index is 271. The summed E-state index contributed by atoms with van der Waals surface area (Å²) >= 11 is 4.09. The van der Waals surface area contributed by atoms with Crippen LogP contribution in [0, 0.1) is 3.57 Å². The zero-order valence-electron chi connectivity index (χ0n) is 8.40. The van der Waals surface area contributed by atoms with Gasteiger partial charge in [-0.15, -0.1) is 0 Å². The van der Waals surface area contributed by atoms with Gasteiger partial charge in [-0.2, -0.15) is 11.8 Å². The summed E-state index contributed by atoms with van der Waals surface area (Å²) in [5.41, 5.74) is 1.32. The molecule has 0 spiro atoms. The first-order chi connectivity index (χ1) is 6.59. The lowest BCUT2D eigenvalue weighted by Gasteiger charge is -2.13. The fraction of sp³-hybridized carbons (Fsp3) is 0.455. The molecule has 1 nitrogen and oxygen atoms in total. The molecule has 1 aromatic rings. The maximum absolute atomic E-state index is 9.32. The Hall–Kier alpha value is 0.260. The molecule has 0 aromatic heterocycles. The molecule has 1 aromatic carbocycles. The van der Waals surface area contributed by atoms with E-state index in [1.807, 2.05) is 6.92 Å². The average molecular weight is 322 g/mol. The van der Waals surface area contributed by atoms with E-state index in [0.717, 1.165) is 5.75 Å². The molecule has 0 radical (unpaired) electrons. The normalized spacial score (nSPS) is 15.1. The van der Waals surface area contributed by atoms with Crippen molar-refractivity contribution in [3.8, 4) is 0 Å². The minimum atomic E-state index is -0.233. The summed E-state index contributed by atoms with van der Waals surface area (Å²) in [6.07, 6.45) is -0.233. The Morgan fingerprint density at radius 1 is 1.29 bits per heavy atom. The van der Waals surface area contributed by atoms with Crippen molar-refractivity contribution in [2.75, 3.05) is 0 Å². The Morgan fingerprint density at radius 3 is 2.36 bits per heavy atom. The summed E-state index contributed by atoms with van der Waals surface area (Å²) in [7, 11) is 0. The van der Waals surface area contributed by atoms with Crippen LogP contribution in [0.25, 0.3) is 0 Å².